The van der Waals surface area contributed by atoms with Gasteiger partial charge >= 0.3 is 0 Å². The third-order valence-corrected chi connectivity index (χ3v) is 5.96. The number of nitrogens with one attached hydrogen (secondary N) is 1. The second kappa shape index (κ2) is 6.49. The molecule has 0 amide bonds. The van der Waals surface area contributed by atoms with E-state index in [1.165, 1.54) is 5.56 Å². The van der Waals surface area contributed by atoms with Crippen LogP contribution in [0.25, 0.3) is 0 Å². The largest absolute Gasteiger partial charge is 0.291 e. The second-order valence-corrected chi connectivity index (χ2v) is 8.35. The minimum Gasteiger partial charge on any atom is -0.291 e. The highest BCUT2D eigenvalue weighted by molar-refractivity contribution is 7.89. The second-order valence-electron chi connectivity index (χ2n) is 5.47. The van der Waals surface area contributed by atoms with Gasteiger partial charge in [-0.2, -0.15) is 16.4 Å². The maximum absolute atomic E-state index is 11.7. The predicted octanol–water partition coefficient (Wildman–Crippen LogP) is 1.44. The molecular weight excluding hydrogens is 320 g/mol. The molecule has 1 N–H and O–H groups in total. The zero-order valence-corrected chi connectivity index (χ0v) is 14.1. The van der Waals surface area contributed by atoms with Gasteiger partial charge in [-0.3, -0.25) is 9.58 Å². The molecule has 3 heterocycles. The standard InChI is InChI=1S/C14H20N4O2S2/c1-2-22(19,20)16-7-14-10-17(8-12-4-6-21-11-12)9-13-3-5-15-18(13)14/h3-6,11,14,16H,2,7-10H2,1H3/t14-/m1/s1. The maximum atomic E-state index is 11.7. The number of nitrogens with zero attached hydrogens (tertiary/aromatic N) is 3. The quantitative estimate of drug-likeness (QED) is 0.864. The molecule has 0 aliphatic carbocycles. The summed E-state index contributed by atoms with van der Waals surface area (Å²) in [6.07, 6.45) is 1.78. The van der Waals surface area contributed by atoms with Crippen LogP contribution in [0.1, 0.15) is 24.2 Å². The Bertz CT molecular complexity index is 709. The van der Waals surface area contributed by atoms with Gasteiger partial charge in [-0.15, -0.1) is 0 Å². The molecule has 1 aliphatic heterocycles. The fourth-order valence-electron chi connectivity index (χ4n) is 2.70. The minimum absolute atomic E-state index is 0.0266. The molecule has 0 saturated heterocycles. The lowest BCUT2D eigenvalue weighted by Crippen LogP contribution is -2.42. The van der Waals surface area contributed by atoms with Gasteiger partial charge in [0.05, 0.1) is 17.5 Å². The lowest BCUT2D eigenvalue weighted by atomic mass is 10.1. The maximum Gasteiger partial charge on any atom is 0.211 e. The molecule has 2 aromatic rings. The summed E-state index contributed by atoms with van der Waals surface area (Å²) in [4.78, 5) is 2.34. The Morgan fingerprint density at radius 2 is 2.32 bits per heavy atom. The number of thiophene rings is 1. The summed E-state index contributed by atoms with van der Waals surface area (Å²) in [6, 6.07) is 4.16. The zero-order chi connectivity index (χ0) is 15.6. The first-order valence-corrected chi connectivity index (χ1v) is 9.90. The topological polar surface area (TPSA) is 67.2 Å². The van der Waals surface area contributed by atoms with Gasteiger partial charge in [0, 0.05) is 32.4 Å². The Labute approximate surface area is 134 Å². The van der Waals surface area contributed by atoms with E-state index in [9.17, 15) is 8.42 Å². The van der Waals surface area contributed by atoms with Crippen molar-refractivity contribution in [2.75, 3.05) is 18.8 Å². The van der Waals surface area contributed by atoms with Crippen molar-refractivity contribution in [3.63, 3.8) is 0 Å². The fourth-order valence-corrected chi connectivity index (χ4v) is 4.01. The molecule has 0 bridgehead atoms. The van der Waals surface area contributed by atoms with E-state index < -0.39 is 10.0 Å². The van der Waals surface area contributed by atoms with Crippen molar-refractivity contribution in [1.82, 2.24) is 19.4 Å². The molecule has 6 nitrogen and oxygen atoms in total. The summed E-state index contributed by atoms with van der Waals surface area (Å²) in [7, 11) is -3.18. The Morgan fingerprint density at radius 1 is 1.45 bits per heavy atom. The van der Waals surface area contributed by atoms with Gasteiger partial charge in [-0.05, 0) is 35.4 Å². The summed E-state index contributed by atoms with van der Waals surface area (Å²) >= 11 is 1.70. The molecule has 1 atom stereocenters. The zero-order valence-electron chi connectivity index (χ0n) is 12.5. The van der Waals surface area contributed by atoms with E-state index in [-0.39, 0.29) is 11.8 Å². The highest BCUT2D eigenvalue weighted by Gasteiger charge is 2.26. The SMILES string of the molecule is CCS(=O)(=O)NC[C@@H]1CN(Cc2ccsc2)Cc2ccnn21. The van der Waals surface area contributed by atoms with Crippen molar-refractivity contribution in [3.05, 3.63) is 40.3 Å². The van der Waals surface area contributed by atoms with Crippen LogP contribution in [-0.4, -0.2) is 41.9 Å². The molecule has 22 heavy (non-hydrogen) atoms. The Kier molecular flexibility index (Phi) is 4.62. The van der Waals surface area contributed by atoms with Crippen molar-refractivity contribution in [2.45, 2.75) is 26.1 Å². The fraction of sp³-hybridized carbons (Fsp3) is 0.500. The highest BCUT2D eigenvalue weighted by Crippen LogP contribution is 2.22. The Balaban J connectivity index is 1.72. The third-order valence-electron chi connectivity index (χ3n) is 3.86. The molecule has 2 aromatic heterocycles. The normalized spacial score (nSPS) is 19.2. The Hall–Kier alpha value is -1.22. The molecule has 3 rings (SSSR count). The number of hydrogen-bond donors (Lipinski definition) is 1. The molecule has 0 unspecified atom stereocenters. The number of aromatic nitrogens is 2. The monoisotopic (exact) mass is 340 g/mol. The van der Waals surface area contributed by atoms with Crippen LogP contribution >= 0.6 is 11.3 Å². The van der Waals surface area contributed by atoms with Gasteiger partial charge in [0.1, 0.15) is 0 Å². The first-order chi connectivity index (χ1) is 10.6. The Morgan fingerprint density at radius 3 is 3.05 bits per heavy atom. The first kappa shape index (κ1) is 15.7. The van der Waals surface area contributed by atoms with Crippen LogP contribution in [0.4, 0.5) is 0 Å². The van der Waals surface area contributed by atoms with Gasteiger partial charge in [0.25, 0.3) is 0 Å². The van der Waals surface area contributed by atoms with Crippen LogP contribution in [0.3, 0.4) is 0 Å². The number of fused-ring (bicyclic) bond motifs is 1. The lowest BCUT2D eigenvalue weighted by Gasteiger charge is -2.33. The summed E-state index contributed by atoms with van der Waals surface area (Å²) < 4.78 is 28.0. The van der Waals surface area contributed by atoms with E-state index in [1.54, 1.807) is 24.5 Å². The van der Waals surface area contributed by atoms with E-state index in [0.29, 0.717) is 6.54 Å². The van der Waals surface area contributed by atoms with E-state index in [2.05, 4.69) is 31.5 Å². The lowest BCUT2D eigenvalue weighted by molar-refractivity contribution is 0.168. The molecule has 0 aromatic carbocycles. The van der Waals surface area contributed by atoms with Gasteiger partial charge in [-0.25, -0.2) is 13.1 Å². The smallest absolute Gasteiger partial charge is 0.211 e. The molecule has 0 fully saturated rings. The van der Waals surface area contributed by atoms with E-state index >= 15 is 0 Å². The molecular formula is C14H20N4O2S2. The molecule has 1 aliphatic rings. The molecule has 8 heteroatoms. The number of sulfonamides is 1. The van der Waals surface area contributed by atoms with Crippen molar-refractivity contribution in [3.8, 4) is 0 Å². The van der Waals surface area contributed by atoms with Crippen LogP contribution < -0.4 is 4.72 Å². The van der Waals surface area contributed by atoms with Crippen molar-refractivity contribution >= 4 is 21.4 Å². The first-order valence-electron chi connectivity index (χ1n) is 7.30. The molecule has 120 valence electrons. The summed E-state index contributed by atoms with van der Waals surface area (Å²) in [6.45, 7) is 4.53. The van der Waals surface area contributed by atoms with Crippen LogP contribution in [0.5, 0.6) is 0 Å². The van der Waals surface area contributed by atoms with Gasteiger partial charge in [0.2, 0.25) is 10.0 Å². The number of rotatable bonds is 6. The van der Waals surface area contributed by atoms with Crippen LogP contribution in [0, 0.1) is 0 Å². The van der Waals surface area contributed by atoms with E-state index in [0.717, 1.165) is 25.3 Å². The minimum atomic E-state index is -3.18. The van der Waals surface area contributed by atoms with E-state index in [1.807, 2.05) is 10.7 Å². The highest BCUT2D eigenvalue weighted by atomic mass is 32.2. The van der Waals surface area contributed by atoms with Gasteiger partial charge < -0.3 is 0 Å². The van der Waals surface area contributed by atoms with E-state index in [4.69, 9.17) is 0 Å². The molecule has 0 radical (unpaired) electrons. The number of hydrogen-bond acceptors (Lipinski definition) is 5. The average Bonchev–Trinajstić information content (AvgIpc) is 3.16. The predicted molar refractivity (Wildman–Crippen MR) is 87.2 cm³/mol. The molecule has 0 spiro atoms. The summed E-state index contributed by atoms with van der Waals surface area (Å²) in [5.74, 6) is 0.101. The van der Waals surface area contributed by atoms with Crippen molar-refractivity contribution in [2.24, 2.45) is 0 Å². The van der Waals surface area contributed by atoms with Crippen molar-refractivity contribution in [1.29, 1.82) is 0 Å². The van der Waals surface area contributed by atoms with Crippen LogP contribution in [0.2, 0.25) is 0 Å². The van der Waals surface area contributed by atoms with Crippen LogP contribution in [-0.2, 0) is 23.1 Å². The van der Waals surface area contributed by atoms with Gasteiger partial charge in [0.15, 0.2) is 0 Å². The summed E-state index contributed by atoms with van der Waals surface area (Å²) in [5.41, 5.74) is 2.42. The average molecular weight is 340 g/mol. The van der Waals surface area contributed by atoms with Crippen LogP contribution in [0.15, 0.2) is 29.1 Å². The van der Waals surface area contributed by atoms with Gasteiger partial charge in [-0.1, -0.05) is 0 Å². The molecule has 0 saturated carbocycles. The summed E-state index contributed by atoms with van der Waals surface area (Å²) in [5, 5.41) is 8.59. The third kappa shape index (κ3) is 3.57. The van der Waals surface area contributed by atoms with Crippen molar-refractivity contribution < 1.29 is 8.42 Å².